The molecule has 1 heterocycles. The Labute approximate surface area is 155 Å². The summed E-state index contributed by atoms with van der Waals surface area (Å²) in [5.74, 6) is -0.256. The minimum atomic E-state index is -0.282. The number of nitrogens with zero attached hydrogens (tertiary/aromatic N) is 2. The first-order valence-corrected chi connectivity index (χ1v) is 8.96. The largest absolute Gasteiger partial charge is 0.466 e. The summed E-state index contributed by atoms with van der Waals surface area (Å²) in [4.78, 5) is 30.2. The smallest absolute Gasteiger partial charge is 0.307 e. The van der Waals surface area contributed by atoms with E-state index in [2.05, 4.69) is 4.98 Å². The van der Waals surface area contributed by atoms with Crippen LogP contribution in [0.2, 0.25) is 0 Å². The van der Waals surface area contributed by atoms with Gasteiger partial charge in [-0.3, -0.25) is 14.6 Å². The lowest BCUT2D eigenvalue weighted by Crippen LogP contribution is -2.33. The zero-order valence-corrected chi connectivity index (χ0v) is 15.5. The van der Waals surface area contributed by atoms with Gasteiger partial charge in [0.1, 0.15) is 0 Å². The molecule has 1 aromatic carbocycles. The Morgan fingerprint density at radius 1 is 1.08 bits per heavy atom. The highest BCUT2D eigenvalue weighted by Gasteiger charge is 2.16. The van der Waals surface area contributed by atoms with Crippen molar-refractivity contribution in [2.75, 3.05) is 13.2 Å². The number of pyridine rings is 1. The molecule has 0 unspecified atom stereocenters. The normalized spacial score (nSPS) is 10.4. The van der Waals surface area contributed by atoms with Crippen LogP contribution in [0.3, 0.4) is 0 Å². The molecule has 0 aliphatic heterocycles. The number of rotatable bonds is 9. The summed E-state index contributed by atoms with van der Waals surface area (Å²) < 4.78 is 4.97. The summed E-state index contributed by atoms with van der Waals surface area (Å²) in [6, 6.07) is 12.0. The maximum atomic E-state index is 12.7. The molecule has 0 saturated heterocycles. The molecule has 0 radical (unpaired) electrons. The van der Waals surface area contributed by atoms with E-state index in [0.717, 1.165) is 11.1 Å². The second-order valence-corrected chi connectivity index (χ2v) is 6.22. The second kappa shape index (κ2) is 10.3. The number of carbonyl (C=O) groups is 2. The van der Waals surface area contributed by atoms with E-state index in [1.54, 1.807) is 24.2 Å². The molecule has 1 aromatic heterocycles. The third kappa shape index (κ3) is 6.67. The predicted molar refractivity (Wildman–Crippen MR) is 100 cm³/mol. The first-order valence-electron chi connectivity index (χ1n) is 8.96. The van der Waals surface area contributed by atoms with Gasteiger partial charge in [0.2, 0.25) is 5.91 Å². The number of benzene rings is 1. The maximum Gasteiger partial charge on any atom is 0.307 e. The summed E-state index contributed by atoms with van der Waals surface area (Å²) in [6.07, 6.45) is 4.73. The third-order valence-electron chi connectivity index (χ3n) is 4.09. The van der Waals surface area contributed by atoms with Gasteiger partial charge in [0.25, 0.3) is 0 Å². The number of esters is 1. The van der Waals surface area contributed by atoms with Crippen LogP contribution in [0.15, 0.2) is 48.8 Å². The lowest BCUT2D eigenvalue weighted by molar-refractivity contribution is -0.144. The SMILES string of the molecule is CCOC(=O)CCN(Cc1cccnc1)C(=O)CCc1ccc(C)cc1. The Morgan fingerprint density at radius 2 is 1.85 bits per heavy atom. The topological polar surface area (TPSA) is 59.5 Å². The number of ether oxygens (including phenoxy) is 1. The van der Waals surface area contributed by atoms with Gasteiger partial charge in [-0.15, -0.1) is 0 Å². The Balaban J connectivity index is 1.97. The molecule has 0 aliphatic carbocycles. The molecule has 1 amide bonds. The van der Waals surface area contributed by atoms with Gasteiger partial charge in [-0.05, 0) is 37.5 Å². The van der Waals surface area contributed by atoms with Crippen molar-refractivity contribution in [3.63, 3.8) is 0 Å². The van der Waals surface area contributed by atoms with E-state index in [-0.39, 0.29) is 18.3 Å². The lowest BCUT2D eigenvalue weighted by atomic mass is 10.1. The van der Waals surface area contributed by atoms with Crippen LogP contribution >= 0.6 is 0 Å². The fraction of sp³-hybridized carbons (Fsp3) is 0.381. The van der Waals surface area contributed by atoms with Crippen LogP contribution in [-0.2, 0) is 27.3 Å². The first-order chi connectivity index (χ1) is 12.6. The highest BCUT2D eigenvalue weighted by atomic mass is 16.5. The number of aromatic nitrogens is 1. The number of amides is 1. The second-order valence-electron chi connectivity index (χ2n) is 6.22. The molecule has 0 atom stereocenters. The van der Waals surface area contributed by atoms with E-state index in [4.69, 9.17) is 4.74 Å². The molecule has 0 saturated carbocycles. The van der Waals surface area contributed by atoms with Crippen LogP contribution < -0.4 is 0 Å². The number of hydrogen-bond donors (Lipinski definition) is 0. The van der Waals surface area contributed by atoms with Gasteiger partial charge in [-0.1, -0.05) is 35.9 Å². The van der Waals surface area contributed by atoms with Crippen molar-refractivity contribution in [2.24, 2.45) is 0 Å². The van der Waals surface area contributed by atoms with E-state index in [1.807, 2.05) is 43.3 Å². The standard InChI is InChI=1S/C21H26N2O3/c1-3-26-21(25)12-14-23(16-19-5-4-13-22-15-19)20(24)11-10-18-8-6-17(2)7-9-18/h4-9,13,15H,3,10-12,14,16H2,1-2H3. The molecule has 2 rings (SSSR count). The Hall–Kier alpha value is -2.69. The zero-order chi connectivity index (χ0) is 18.8. The summed E-state index contributed by atoms with van der Waals surface area (Å²) in [5.41, 5.74) is 3.28. The summed E-state index contributed by atoms with van der Waals surface area (Å²) in [7, 11) is 0. The first kappa shape index (κ1) is 19.6. The molecule has 5 nitrogen and oxygen atoms in total. The summed E-state index contributed by atoms with van der Waals surface area (Å²) >= 11 is 0. The summed E-state index contributed by atoms with van der Waals surface area (Å²) in [6.45, 7) is 4.96. The highest BCUT2D eigenvalue weighted by Crippen LogP contribution is 2.10. The van der Waals surface area contributed by atoms with Gasteiger partial charge >= 0.3 is 5.97 Å². The molecule has 0 N–H and O–H groups in total. The average molecular weight is 354 g/mol. The Kier molecular flexibility index (Phi) is 7.80. The zero-order valence-electron chi connectivity index (χ0n) is 15.5. The van der Waals surface area contributed by atoms with Crippen molar-refractivity contribution in [2.45, 2.75) is 39.7 Å². The van der Waals surface area contributed by atoms with E-state index in [9.17, 15) is 9.59 Å². The van der Waals surface area contributed by atoms with E-state index in [1.165, 1.54) is 5.56 Å². The van der Waals surface area contributed by atoms with Gasteiger partial charge in [0.05, 0.1) is 13.0 Å². The number of aryl methyl sites for hydroxylation is 2. The number of carbonyl (C=O) groups excluding carboxylic acids is 2. The van der Waals surface area contributed by atoms with Crippen molar-refractivity contribution >= 4 is 11.9 Å². The molecular weight excluding hydrogens is 328 g/mol. The molecule has 5 heteroatoms. The third-order valence-corrected chi connectivity index (χ3v) is 4.09. The van der Waals surface area contributed by atoms with Gasteiger partial charge in [0, 0.05) is 31.9 Å². The molecule has 0 bridgehead atoms. The fourth-order valence-electron chi connectivity index (χ4n) is 2.63. The van der Waals surface area contributed by atoms with E-state index in [0.29, 0.717) is 32.5 Å². The molecule has 138 valence electrons. The fourth-order valence-corrected chi connectivity index (χ4v) is 2.63. The van der Waals surface area contributed by atoms with E-state index < -0.39 is 0 Å². The van der Waals surface area contributed by atoms with Gasteiger partial charge in [0.15, 0.2) is 0 Å². The Bertz CT molecular complexity index is 699. The highest BCUT2D eigenvalue weighted by molar-refractivity contribution is 5.77. The summed E-state index contributed by atoms with van der Waals surface area (Å²) in [5, 5.41) is 0. The van der Waals surface area contributed by atoms with Crippen LogP contribution in [-0.4, -0.2) is 34.9 Å². The van der Waals surface area contributed by atoms with Crippen molar-refractivity contribution in [1.82, 2.24) is 9.88 Å². The van der Waals surface area contributed by atoms with Crippen LogP contribution in [0.4, 0.5) is 0 Å². The van der Waals surface area contributed by atoms with Crippen LogP contribution in [0.1, 0.15) is 36.5 Å². The number of hydrogen-bond acceptors (Lipinski definition) is 4. The quantitative estimate of drug-likeness (QED) is 0.648. The van der Waals surface area contributed by atoms with Crippen LogP contribution in [0.25, 0.3) is 0 Å². The molecule has 0 aliphatic rings. The van der Waals surface area contributed by atoms with Crippen molar-refractivity contribution in [3.8, 4) is 0 Å². The van der Waals surface area contributed by atoms with E-state index >= 15 is 0 Å². The molecular formula is C21H26N2O3. The molecule has 2 aromatic rings. The van der Waals surface area contributed by atoms with Gasteiger partial charge in [-0.25, -0.2) is 0 Å². The van der Waals surface area contributed by atoms with Gasteiger partial charge in [-0.2, -0.15) is 0 Å². The monoisotopic (exact) mass is 354 g/mol. The van der Waals surface area contributed by atoms with Crippen LogP contribution in [0, 0.1) is 6.92 Å². The van der Waals surface area contributed by atoms with Crippen molar-refractivity contribution in [3.05, 3.63) is 65.5 Å². The van der Waals surface area contributed by atoms with Gasteiger partial charge < -0.3 is 9.64 Å². The molecule has 0 spiro atoms. The van der Waals surface area contributed by atoms with Crippen LogP contribution in [0.5, 0.6) is 0 Å². The maximum absolute atomic E-state index is 12.7. The minimum absolute atomic E-state index is 0.0266. The predicted octanol–water partition coefficient (Wildman–Crippen LogP) is 3.30. The molecule has 26 heavy (non-hydrogen) atoms. The average Bonchev–Trinajstić information content (AvgIpc) is 2.65. The van der Waals surface area contributed by atoms with Crippen molar-refractivity contribution in [1.29, 1.82) is 0 Å². The van der Waals surface area contributed by atoms with Crippen molar-refractivity contribution < 1.29 is 14.3 Å². The lowest BCUT2D eigenvalue weighted by Gasteiger charge is -2.22. The Morgan fingerprint density at radius 3 is 2.50 bits per heavy atom. The minimum Gasteiger partial charge on any atom is -0.466 e. The molecule has 0 fully saturated rings.